The van der Waals surface area contributed by atoms with Crippen LogP contribution in [0.25, 0.3) is 0 Å². The molecule has 1 heterocycles. The van der Waals surface area contributed by atoms with E-state index in [1.807, 2.05) is 6.92 Å². The van der Waals surface area contributed by atoms with Crippen molar-refractivity contribution in [3.05, 3.63) is 10.0 Å². The highest BCUT2D eigenvalue weighted by Crippen LogP contribution is 2.23. The van der Waals surface area contributed by atoms with Crippen molar-refractivity contribution in [2.75, 3.05) is 6.61 Å². The van der Waals surface area contributed by atoms with Crippen molar-refractivity contribution in [2.45, 2.75) is 17.9 Å². The summed E-state index contributed by atoms with van der Waals surface area (Å²) in [5, 5.41) is 12.8. The Hall–Kier alpha value is 0.160. The zero-order chi connectivity index (χ0) is 8.97. The van der Waals surface area contributed by atoms with E-state index in [1.54, 1.807) is 11.8 Å². The molecule has 0 spiro atoms. The molecule has 3 nitrogen and oxygen atoms in total. The normalized spacial score (nSPS) is 13.2. The van der Waals surface area contributed by atoms with Crippen molar-refractivity contribution < 1.29 is 5.11 Å². The van der Waals surface area contributed by atoms with Gasteiger partial charge in [0.15, 0.2) is 0 Å². The minimum atomic E-state index is 0.180. The third-order valence-electron chi connectivity index (χ3n) is 1.27. The van der Waals surface area contributed by atoms with Gasteiger partial charge in [-0.05, 0) is 0 Å². The molecule has 0 aliphatic rings. The molecule has 0 aliphatic heterocycles. The van der Waals surface area contributed by atoms with Crippen LogP contribution in [0.4, 0.5) is 0 Å². The minimum absolute atomic E-state index is 0.180. The average Bonchev–Trinajstić information content (AvgIpc) is 2.47. The zero-order valence-corrected chi connectivity index (χ0v) is 8.92. The van der Waals surface area contributed by atoms with Gasteiger partial charge in [0.2, 0.25) is 0 Å². The van der Waals surface area contributed by atoms with E-state index in [0.717, 1.165) is 11.4 Å². The fourth-order valence-electron chi connectivity index (χ4n) is 0.557. The van der Waals surface area contributed by atoms with E-state index in [-0.39, 0.29) is 11.9 Å². The first-order valence-electron chi connectivity index (χ1n) is 3.43. The lowest BCUT2D eigenvalue weighted by atomic mass is 10.5. The molecule has 1 rings (SSSR count). The molecule has 0 saturated heterocycles. The van der Waals surface area contributed by atoms with Crippen molar-refractivity contribution in [3.8, 4) is 0 Å². The van der Waals surface area contributed by atoms with Gasteiger partial charge < -0.3 is 5.11 Å². The van der Waals surface area contributed by atoms with Gasteiger partial charge in [0.1, 0.15) is 10.0 Å². The maximum Gasteiger partial charge on any atom is 0.138 e. The van der Waals surface area contributed by atoms with Crippen LogP contribution >= 0.6 is 34.9 Å². The van der Waals surface area contributed by atoms with E-state index in [2.05, 4.69) is 9.59 Å². The Balaban J connectivity index is 2.38. The van der Waals surface area contributed by atoms with E-state index >= 15 is 0 Å². The standard InChI is InChI=1S/C6H9ClN2OS2/c1-4(2-10)11-3-5-6(7)12-9-8-5/h4,10H,2-3H2,1H3. The maximum atomic E-state index is 8.75. The largest absolute Gasteiger partial charge is 0.395 e. The fourth-order valence-corrected chi connectivity index (χ4v) is 2.10. The molecule has 1 aromatic rings. The lowest BCUT2D eigenvalue weighted by Gasteiger charge is -2.04. The lowest BCUT2D eigenvalue weighted by Crippen LogP contribution is -2.02. The van der Waals surface area contributed by atoms with Crippen molar-refractivity contribution in [2.24, 2.45) is 0 Å². The van der Waals surface area contributed by atoms with Crippen LogP contribution in [0.15, 0.2) is 0 Å². The van der Waals surface area contributed by atoms with Gasteiger partial charge >= 0.3 is 0 Å². The van der Waals surface area contributed by atoms with Crippen LogP contribution in [0, 0.1) is 0 Å². The summed E-state index contributed by atoms with van der Waals surface area (Å²) in [5.74, 6) is 0.719. The smallest absolute Gasteiger partial charge is 0.138 e. The summed E-state index contributed by atoms with van der Waals surface area (Å²) in [6.07, 6.45) is 0. The zero-order valence-electron chi connectivity index (χ0n) is 6.53. The number of thioether (sulfide) groups is 1. The molecule has 6 heteroatoms. The van der Waals surface area contributed by atoms with Crippen LogP contribution in [0.1, 0.15) is 12.6 Å². The quantitative estimate of drug-likeness (QED) is 0.848. The number of hydrogen-bond donors (Lipinski definition) is 1. The summed E-state index contributed by atoms with van der Waals surface area (Å²) in [6, 6.07) is 0. The third kappa shape index (κ3) is 2.90. The van der Waals surface area contributed by atoms with Crippen molar-refractivity contribution in [1.29, 1.82) is 0 Å². The predicted molar refractivity (Wildman–Crippen MR) is 52.8 cm³/mol. The summed E-state index contributed by atoms with van der Waals surface area (Å²) in [5.41, 5.74) is 0.812. The highest BCUT2D eigenvalue weighted by molar-refractivity contribution is 7.99. The Morgan fingerprint density at radius 1 is 1.75 bits per heavy atom. The molecule has 0 saturated carbocycles. The average molecular weight is 225 g/mol. The molecule has 68 valence electrons. The van der Waals surface area contributed by atoms with Crippen LogP contribution in [-0.4, -0.2) is 26.6 Å². The Labute approximate surface area is 84.3 Å². The summed E-state index contributed by atoms with van der Waals surface area (Å²) < 4.78 is 4.36. The van der Waals surface area contributed by atoms with Gasteiger partial charge in [-0.15, -0.1) is 16.9 Å². The molecule has 0 aliphatic carbocycles. The maximum absolute atomic E-state index is 8.75. The molecule has 12 heavy (non-hydrogen) atoms. The molecule has 0 fully saturated rings. The van der Waals surface area contributed by atoms with Crippen LogP contribution < -0.4 is 0 Å². The van der Waals surface area contributed by atoms with Gasteiger partial charge in [-0.25, -0.2) is 0 Å². The third-order valence-corrected chi connectivity index (χ3v) is 3.41. The summed E-state index contributed by atoms with van der Waals surface area (Å²) >= 11 is 8.59. The highest BCUT2D eigenvalue weighted by Gasteiger charge is 2.07. The molecular formula is C6H9ClN2OS2. The van der Waals surface area contributed by atoms with Crippen LogP contribution in [-0.2, 0) is 5.75 Å². The monoisotopic (exact) mass is 224 g/mol. The Morgan fingerprint density at radius 3 is 3.00 bits per heavy atom. The first-order chi connectivity index (χ1) is 5.74. The van der Waals surface area contributed by atoms with Crippen molar-refractivity contribution in [1.82, 2.24) is 9.59 Å². The molecule has 1 N–H and O–H groups in total. The minimum Gasteiger partial charge on any atom is -0.395 e. The predicted octanol–water partition coefficient (Wildman–Crippen LogP) is 1.81. The SMILES string of the molecule is CC(CO)SCc1nnsc1Cl. The number of aliphatic hydroxyl groups excluding tert-OH is 1. The number of halogens is 1. The van der Waals surface area contributed by atoms with Crippen LogP contribution in [0.5, 0.6) is 0 Å². The van der Waals surface area contributed by atoms with Gasteiger partial charge in [-0.3, -0.25) is 0 Å². The van der Waals surface area contributed by atoms with E-state index in [9.17, 15) is 0 Å². The number of nitrogens with zero attached hydrogens (tertiary/aromatic N) is 2. The van der Waals surface area contributed by atoms with E-state index < -0.39 is 0 Å². The van der Waals surface area contributed by atoms with Crippen LogP contribution in [0.3, 0.4) is 0 Å². The number of aromatic nitrogens is 2. The molecule has 0 radical (unpaired) electrons. The van der Waals surface area contributed by atoms with Gasteiger partial charge in [0, 0.05) is 22.5 Å². The van der Waals surface area contributed by atoms with Gasteiger partial charge in [-0.1, -0.05) is 23.0 Å². The van der Waals surface area contributed by atoms with Gasteiger partial charge in [-0.2, -0.15) is 0 Å². The van der Waals surface area contributed by atoms with Gasteiger partial charge in [0.25, 0.3) is 0 Å². The summed E-state index contributed by atoms with van der Waals surface area (Å²) in [4.78, 5) is 0. The molecule has 1 aromatic heterocycles. The molecule has 1 unspecified atom stereocenters. The number of aliphatic hydroxyl groups is 1. The van der Waals surface area contributed by atoms with Gasteiger partial charge in [0.05, 0.1) is 6.61 Å². The molecular weight excluding hydrogens is 216 g/mol. The van der Waals surface area contributed by atoms with Crippen molar-refractivity contribution in [3.63, 3.8) is 0 Å². The van der Waals surface area contributed by atoms with E-state index in [4.69, 9.17) is 16.7 Å². The second kappa shape index (κ2) is 5.01. The Morgan fingerprint density at radius 2 is 2.50 bits per heavy atom. The molecule has 0 aromatic carbocycles. The van der Waals surface area contributed by atoms with Crippen LogP contribution in [0.2, 0.25) is 4.34 Å². The molecule has 1 atom stereocenters. The van der Waals surface area contributed by atoms with E-state index in [1.165, 1.54) is 11.5 Å². The topological polar surface area (TPSA) is 46.0 Å². The molecule has 0 bridgehead atoms. The Bertz CT molecular complexity index is 243. The Kier molecular flexibility index (Phi) is 4.28. The van der Waals surface area contributed by atoms with E-state index in [0.29, 0.717) is 4.34 Å². The highest BCUT2D eigenvalue weighted by atomic mass is 35.5. The number of rotatable bonds is 4. The second-order valence-corrected chi connectivity index (χ2v) is 5.08. The first kappa shape index (κ1) is 10.2. The lowest BCUT2D eigenvalue weighted by molar-refractivity contribution is 0.300. The first-order valence-corrected chi connectivity index (χ1v) is 5.63. The fraction of sp³-hybridized carbons (Fsp3) is 0.667. The second-order valence-electron chi connectivity index (χ2n) is 2.30. The summed E-state index contributed by atoms with van der Waals surface area (Å²) in [6.45, 7) is 2.14. The molecule has 0 amide bonds. The number of hydrogen-bond acceptors (Lipinski definition) is 5. The summed E-state index contributed by atoms with van der Waals surface area (Å²) in [7, 11) is 0. The van der Waals surface area contributed by atoms with Crippen molar-refractivity contribution >= 4 is 34.9 Å².